The highest BCUT2D eigenvalue weighted by Crippen LogP contribution is 2.45. The molecule has 1 unspecified atom stereocenters. The van der Waals surface area contributed by atoms with E-state index < -0.39 is 17.4 Å². The lowest BCUT2D eigenvalue weighted by Crippen LogP contribution is -2.49. The van der Waals surface area contributed by atoms with E-state index in [1.165, 1.54) is 11.9 Å². The molecule has 40 heavy (non-hydrogen) atoms. The highest BCUT2D eigenvalue weighted by Gasteiger charge is 2.39. The fraction of sp³-hybridized carbons (Fsp3) is 0.516. The number of benzene rings is 2. The summed E-state index contributed by atoms with van der Waals surface area (Å²) in [6, 6.07) is 13.2. The van der Waals surface area contributed by atoms with Crippen molar-refractivity contribution in [3.63, 3.8) is 0 Å². The summed E-state index contributed by atoms with van der Waals surface area (Å²) in [6.07, 6.45) is 0.822. The lowest BCUT2D eigenvalue weighted by atomic mass is 9.87. The van der Waals surface area contributed by atoms with Crippen molar-refractivity contribution in [2.75, 3.05) is 26.7 Å². The molecule has 216 valence electrons. The predicted octanol–water partition coefficient (Wildman–Crippen LogP) is 5.21. The van der Waals surface area contributed by atoms with E-state index in [1.807, 2.05) is 37.3 Å². The van der Waals surface area contributed by atoms with Gasteiger partial charge in [-0.15, -0.1) is 0 Å². The first-order chi connectivity index (χ1) is 18.9. The smallest absolute Gasteiger partial charge is 0.410 e. The highest BCUT2D eigenvalue weighted by molar-refractivity contribution is 6.02. The van der Waals surface area contributed by atoms with Crippen LogP contribution in [0.15, 0.2) is 42.5 Å². The molecule has 1 saturated heterocycles. The van der Waals surface area contributed by atoms with E-state index in [2.05, 4.69) is 10.6 Å². The molecule has 0 saturated carbocycles. The first-order valence-electron chi connectivity index (χ1n) is 14.0. The molecule has 0 aromatic heterocycles. The first kappa shape index (κ1) is 29.4. The number of fused-ring (bicyclic) bond motifs is 1. The number of likely N-dealkylation sites (tertiary alicyclic amines) is 1. The predicted molar refractivity (Wildman–Crippen MR) is 151 cm³/mol. The Bertz CT molecular complexity index is 1250. The SMILES string of the molecule is CNC(=O)c1cc(C(=O)NCCCC2(F)CCCN(C(=O)OC(C)(C)C)C2)cc2c1O[C@H](C)[C@H]2c1ccccc1. The molecule has 0 radical (unpaired) electrons. The Hall–Kier alpha value is -3.62. The number of ether oxygens (including phenoxy) is 2. The summed E-state index contributed by atoms with van der Waals surface area (Å²) in [4.78, 5) is 39.8. The number of amides is 3. The number of halogens is 1. The molecule has 4 rings (SSSR count). The Morgan fingerprint density at radius 1 is 1.15 bits per heavy atom. The molecule has 2 heterocycles. The van der Waals surface area contributed by atoms with Gasteiger partial charge in [-0.3, -0.25) is 9.59 Å². The van der Waals surface area contributed by atoms with Crippen molar-refractivity contribution in [3.05, 3.63) is 64.7 Å². The van der Waals surface area contributed by atoms with Crippen molar-refractivity contribution in [1.29, 1.82) is 0 Å². The van der Waals surface area contributed by atoms with Gasteiger partial charge in [0.1, 0.15) is 23.1 Å². The zero-order chi connectivity index (χ0) is 29.1. The summed E-state index contributed by atoms with van der Waals surface area (Å²) >= 11 is 0. The molecule has 2 aromatic rings. The third-order valence-corrected chi connectivity index (χ3v) is 7.38. The van der Waals surface area contributed by atoms with E-state index in [4.69, 9.17) is 9.47 Å². The minimum absolute atomic E-state index is 0.0186. The second-order valence-electron chi connectivity index (χ2n) is 11.7. The molecule has 2 N–H and O–H groups in total. The minimum Gasteiger partial charge on any atom is -0.489 e. The number of nitrogens with one attached hydrogen (secondary N) is 2. The van der Waals surface area contributed by atoms with Crippen molar-refractivity contribution in [1.82, 2.24) is 15.5 Å². The molecule has 0 spiro atoms. The molecule has 0 aliphatic carbocycles. The Kier molecular flexibility index (Phi) is 8.71. The number of rotatable bonds is 7. The number of nitrogens with zero attached hydrogens (tertiary/aromatic N) is 1. The maximum Gasteiger partial charge on any atom is 0.410 e. The van der Waals surface area contributed by atoms with Gasteiger partial charge in [-0.2, -0.15) is 0 Å². The number of hydrogen-bond donors (Lipinski definition) is 2. The summed E-state index contributed by atoms with van der Waals surface area (Å²) in [6.45, 7) is 8.02. The molecular weight excluding hydrogens is 513 g/mol. The van der Waals surface area contributed by atoms with Crippen LogP contribution in [0, 0.1) is 0 Å². The second kappa shape index (κ2) is 11.9. The topological polar surface area (TPSA) is 97.0 Å². The molecule has 1 fully saturated rings. The summed E-state index contributed by atoms with van der Waals surface area (Å²) in [5.41, 5.74) is 0.309. The van der Waals surface area contributed by atoms with Crippen LogP contribution in [0.2, 0.25) is 0 Å². The quantitative estimate of drug-likeness (QED) is 0.459. The summed E-state index contributed by atoms with van der Waals surface area (Å²) in [5.74, 6) is -0.314. The number of carbonyl (C=O) groups excluding carboxylic acids is 3. The van der Waals surface area contributed by atoms with Crippen LogP contribution in [-0.4, -0.2) is 66.9 Å². The van der Waals surface area contributed by atoms with Crippen LogP contribution in [0.1, 0.15) is 91.1 Å². The van der Waals surface area contributed by atoms with Crippen LogP contribution >= 0.6 is 0 Å². The van der Waals surface area contributed by atoms with Gasteiger partial charge in [0.05, 0.1) is 12.1 Å². The third kappa shape index (κ3) is 6.74. The maximum absolute atomic E-state index is 15.6. The number of alkyl halides is 1. The van der Waals surface area contributed by atoms with E-state index in [-0.39, 0.29) is 43.3 Å². The van der Waals surface area contributed by atoms with Gasteiger partial charge in [-0.25, -0.2) is 9.18 Å². The molecule has 2 aliphatic heterocycles. The standard InChI is InChI=1S/C31H40FN3O5/c1-20-25(21-11-7-6-8-12-21)23-17-22(18-24(26(23)39-20)28(37)33-5)27(36)34-15-9-13-31(32)14-10-16-35(19-31)29(38)40-30(2,3)4/h6-8,11-12,17-18,20,25H,9-10,13-16,19H2,1-5H3,(H,33,37)(H,34,36)/t20-,25+,31?/m1/s1. The van der Waals surface area contributed by atoms with E-state index in [0.717, 1.165) is 11.1 Å². The van der Waals surface area contributed by atoms with Gasteiger partial charge in [-0.05, 0) is 71.1 Å². The number of piperidine rings is 1. The second-order valence-corrected chi connectivity index (χ2v) is 11.7. The van der Waals surface area contributed by atoms with Gasteiger partial charge in [0, 0.05) is 37.2 Å². The van der Waals surface area contributed by atoms with Crippen LogP contribution in [-0.2, 0) is 4.74 Å². The zero-order valence-corrected chi connectivity index (χ0v) is 24.0. The molecule has 2 aliphatic rings. The molecule has 3 atom stereocenters. The summed E-state index contributed by atoms with van der Waals surface area (Å²) in [7, 11) is 1.54. The van der Waals surface area contributed by atoms with Crippen LogP contribution in [0.25, 0.3) is 0 Å². The largest absolute Gasteiger partial charge is 0.489 e. The molecule has 3 amide bonds. The van der Waals surface area contributed by atoms with E-state index in [0.29, 0.717) is 42.7 Å². The normalized spacial score (nSPS) is 22.2. The molecular formula is C31H40FN3O5. The van der Waals surface area contributed by atoms with E-state index in [1.54, 1.807) is 32.9 Å². The average molecular weight is 554 g/mol. The van der Waals surface area contributed by atoms with Crippen molar-refractivity contribution in [2.45, 2.75) is 76.7 Å². The molecule has 0 bridgehead atoms. The number of carbonyl (C=O) groups is 3. The van der Waals surface area contributed by atoms with Gasteiger partial charge >= 0.3 is 6.09 Å². The minimum atomic E-state index is -1.53. The van der Waals surface area contributed by atoms with Gasteiger partial charge < -0.3 is 25.0 Å². The maximum atomic E-state index is 15.6. The monoisotopic (exact) mass is 553 g/mol. The fourth-order valence-electron chi connectivity index (χ4n) is 5.55. The molecule has 2 aromatic carbocycles. The lowest BCUT2D eigenvalue weighted by molar-refractivity contribution is -0.00798. The number of hydrogen-bond acceptors (Lipinski definition) is 5. The van der Waals surface area contributed by atoms with Crippen molar-refractivity contribution >= 4 is 17.9 Å². The van der Waals surface area contributed by atoms with Gasteiger partial charge in [0.15, 0.2) is 0 Å². The van der Waals surface area contributed by atoms with E-state index in [9.17, 15) is 14.4 Å². The Morgan fingerprint density at radius 2 is 1.88 bits per heavy atom. The van der Waals surface area contributed by atoms with E-state index >= 15 is 4.39 Å². The van der Waals surface area contributed by atoms with Crippen molar-refractivity contribution in [2.24, 2.45) is 0 Å². The lowest BCUT2D eigenvalue weighted by Gasteiger charge is -2.38. The molecule has 9 heteroatoms. The van der Waals surface area contributed by atoms with Crippen LogP contribution in [0.4, 0.5) is 9.18 Å². The zero-order valence-electron chi connectivity index (χ0n) is 24.0. The van der Waals surface area contributed by atoms with Gasteiger partial charge in [0.2, 0.25) is 0 Å². The molecule has 8 nitrogen and oxygen atoms in total. The highest BCUT2D eigenvalue weighted by atomic mass is 19.1. The Balaban J connectivity index is 1.42. The van der Waals surface area contributed by atoms with Crippen molar-refractivity contribution < 1.29 is 28.2 Å². The van der Waals surface area contributed by atoms with Crippen LogP contribution < -0.4 is 15.4 Å². The van der Waals surface area contributed by atoms with Crippen molar-refractivity contribution in [3.8, 4) is 5.75 Å². The Morgan fingerprint density at radius 3 is 2.55 bits per heavy atom. The average Bonchev–Trinajstić information content (AvgIpc) is 3.25. The van der Waals surface area contributed by atoms with Gasteiger partial charge in [-0.1, -0.05) is 30.3 Å². The van der Waals surface area contributed by atoms with Gasteiger partial charge in [0.25, 0.3) is 11.8 Å². The van der Waals surface area contributed by atoms with Crippen LogP contribution in [0.3, 0.4) is 0 Å². The first-order valence-corrected chi connectivity index (χ1v) is 14.0. The fourth-order valence-corrected chi connectivity index (χ4v) is 5.55. The summed E-state index contributed by atoms with van der Waals surface area (Å²) < 4.78 is 27.1. The summed E-state index contributed by atoms with van der Waals surface area (Å²) in [5, 5.41) is 5.51. The third-order valence-electron chi connectivity index (χ3n) is 7.38. The Labute approximate surface area is 235 Å². The van der Waals surface area contributed by atoms with Crippen LogP contribution in [0.5, 0.6) is 5.75 Å².